The van der Waals surface area contributed by atoms with E-state index < -0.39 is 0 Å². The summed E-state index contributed by atoms with van der Waals surface area (Å²) in [7, 11) is 0. The third kappa shape index (κ3) is 4.55. The molecule has 0 atom stereocenters. The molecule has 0 saturated carbocycles. The van der Waals surface area contributed by atoms with E-state index in [-0.39, 0.29) is 0 Å². The largest absolute Gasteiger partial charge is 0.456 e. The first-order valence-corrected chi connectivity index (χ1v) is 17.4. The molecule has 4 heterocycles. The van der Waals surface area contributed by atoms with Gasteiger partial charge in [0.2, 0.25) is 0 Å². The summed E-state index contributed by atoms with van der Waals surface area (Å²) in [6.07, 6.45) is 4.28. The van der Waals surface area contributed by atoms with Crippen LogP contribution in [-0.2, 0) is 0 Å². The molecule has 3 aromatic heterocycles. The van der Waals surface area contributed by atoms with E-state index in [9.17, 15) is 0 Å². The summed E-state index contributed by atoms with van der Waals surface area (Å²) in [4.78, 5) is 15.4. The van der Waals surface area contributed by atoms with E-state index in [2.05, 4.69) is 96.3 Å². The average Bonchev–Trinajstić information content (AvgIpc) is 3.77. The maximum absolute atomic E-state index is 6.46. The van der Waals surface area contributed by atoms with Crippen molar-refractivity contribution >= 4 is 66.4 Å². The Bertz CT molecular complexity index is 3080. The number of furan rings is 2. The molecule has 0 amide bonds. The van der Waals surface area contributed by atoms with Gasteiger partial charge in [0.05, 0.1) is 0 Å². The number of nitrogens with zero attached hydrogens (tertiary/aromatic N) is 3. The zero-order chi connectivity index (χ0) is 34.2. The van der Waals surface area contributed by atoms with Crippen molar-refractivity contribution in [1.29, 1.82) is 0 Å². The summed E-state index contributed by atoms with van der Waals surface area (Å²) < 4.78 is 12.7. The second-order valence-corrected chi connectivity index (χ2v) is 13.2. The van der Waals surface area contributed by atoms with Gasteiger partial charge in [0, 0.05) is 56.0 Å². The average molecular weight is 669 g/mol. The van der Waals surface area contributed by atoms with Crippen LogP contribution in [0.3, 0.4) is 0 Å². The fourth-order valence-electron chi connectivity index (χ4n) is 7.63. The quantitative estimate of drug-likeness (QED) is 0.201. The summed E-state index contributed by atoms with van der Waals surface area (Å²) >= 11 is 0. The Balaban J connectivity index is 1.15. The minimum absolute atomic E-state index is 0.579. The Morgan fingerprint density at radius 3 is 2.12 bits per heavy atom. The normalized spacial score (nSPS) is 12.6. The van der Waals surface area contributed by atoms with Gasteiger partial charge in [-0.2, -0.15) is 0 Å². The summed E-state index contributed by atoms with van der Waals surface area (Å²) in [6.45, 7) is 0.806. The third-order valence-corrected chi connectivity index (χ3v) is 10.1. The zero-order valence-electron chi connectivity index (χ0n) is 27.8. The zero-order valence-corrected chi connectivity index (χ0v) is 27.8. The van der Waals surface area contributed by atoms with Crippen LogP contribution >= 0.6 is 0 Å². The molecule has 1 aliphatic rings. The van der Waals surface area contributed by atoms with Gasteiger partial charge >= 0.3 is 0 Å². The van der Waals surface area contributed by atoms with Gasteiger partial charge in [0.25, 0.3) is 0 Å². The lowest BCUT2D eigenvalue weighted by atomic mass is 9.93. The molecule has 0 spiro atoms. The van der Waals surface area contributed by atoms with Crippen molar-refractivity contribution in [2.75, 3.05) is 11.9 Å². The SMILES string of the molecule is C1=Cc2cc3oc4cccc(-c5cc(-c6nc(-c7ccccc7)nc(-c7ccc8c(c7)oc7ccccc78)n6)c6ccccc6c5)c4c3cc2NC1. The molecule has 7 aromatic carbocycles. The molecule has 0 unspecified atom stereocenters. The highest BCUT2D eigenvalue weighted by molar-refractivity contribution is 6.15. The predicted molar refractivity (Wildman–Crippen MR) is 211 cm³/mol. The molecule has 52 heavy (non-hydrogen) atoms. The number of para-hydroxylation sites is 1. The van der Waals surface area contributed by atoms with E-state index >= 15 is 0 Å². The van der Waals surface area contributed by atoms with Gasteiger partial charge in [-0.15, -0.1) is 0 Å². The van der Waals surface area contributed by atoms with Crippen molar-refractivity contribution in [1.82, 2.24) is 15.0 Å². The molecule has 0 saturated heterocycles. The fourth-order valence-corrected chi connectivity index (χ4v) is 7.63. The number of aromatic nitrogens is 3. The molecule has 1 aliphatic heterocycles. The number of rotatable bonds is 4. The molecule has 244 valence electrons. The van der Waals surface area contributed by atoms with Crippen LogP contribution < -0.4 is 5.32 Å². The molecule has 0 radical (unpaired) electrons. The minimum Gasteiger partial charge on any atom is -0.456 e. The summed E-state index contributed by atoms with van der Waals surface area (Å²) in [5, 5.41) is 9.98. The molecule has 10 aromatic rings. The van der Waals surface area contributed by atoms with Crippen molar-refractivity contribution in [2.45, 2.75) is 0 Å². The third-order valence-electron chi connectivity index (χ3n) is 10.1. The van der Waals surface area contributed by atoms with Gasteiger partial charge in [-0.05, 0) is 70.4 Å². The number of benzene rings is 7. The van der Waals surface area contributed by atoms with Crippen molar-refractivity contribution in [3.8, 4) is 45.3 Å². The maximum Gasteiger partial charge on any atom is 0.164 e. The number of fused-ring (bicyclic) bond motifs is 8. The molecular weight excluding hydrogens is 641 g/mol. The fraction of sp³-hybridized carbons (Fsp3) is 0.0217. The highest BCUT2D eigenvalue weighted by atomic mass is 16.3. The molecule has 6 heteroatoms. The highest BCUT2D eigenvalue weighted by Crippen LogP contribution is 2.42. The topological polar surface area (TPSA) is 77.0 Å². The Morgan fingerprint density at radius 1 is 0.462 bits per heavy atom. The van der Waals surface area contributed by atoms with Crippen LogP contribution in [0.5, 0.6) is 0 Å². The predicted octanol–water partition coefficient (Wildman–Crippen LogP) is 11.9. The van der Waals surface area contributed by atoms with E-state index in [1.54, 1.807) is 0 Å². The van der Waals surface area contributed by atoms with Gasteiger partial charge in [-0.3, -0.25) is 0 Å². The second-order valence-electron chi connectivity index (χ2n) is 13.2. The smallest absolute Gasteiger partial charge is 0.164 e. The monoisotopic (exact) mass is 668 g/mol. The Labute approximate surface area is 297 Å². The second kappa shape index (κ2) is 11.2. The lowest BCUT2D eigenvalue weighted by Gasteiger charge is -2.14. The van der Waals surface area contributed by atoms with E-state index in [1.807, 2.05) is 60.7 Å². The first-order valence-electron chi connectivity index (χ1n) is 17.4. The number of anilines is 1. The Morgan fingerprint density at radius 2 is 1.19 bits per heavy atom. The molecular formula is C46H28N4O2. The van der Waals surface area contributed by atoms with Crippen molar-refractivity contribution < 1.29 is 8.83 Å². The van der Waals surface area contributed by atoms with E-state index in [4.69, 9.17) is 23.8 Å². The Kier molecular flexibility index (Phi) is 6.21. The minimum atomic E-state index is 0.579. The molecule has 11 rings (SSSR count). The van der Waals surface area contributed by atoms with Gasteiger partial charge < -0.3 is 14.2 Å². The van der Waals surface area contributed by atoms with Crippen molar-refractivity contribution in [3.63, 3.8) is 0 Å². The van der Waals surface area contributed by atoms with Gasteiger partial charge in [-0.25, -0.2) is 15.0 Å². The van der Waals surface area contributed by atoms with Gasteiger partial charge in [0.15, 0.2) is 17.5 Å². The number of hydrogen-bond acceptors (Lipinski definition) is 6. The van der Waals surface area contributed by atoms with Gasteiger partial charge in [-0.1, -0.05) is 103 Å². The van der Waals surface area contributed by atoms with E-state index in [1.165, 1.54) is 0 Å². The van der Waals surface area contributed by atoms with E-state index in [0.717, 1.165) is 100 Å². The van der Waals surface area contributed by atoms with Crippen LogP contribution in [0.25, 0.3) is 106 Å². The van der Waals surface area contributed by atoms with E-state index in [0.29, 0.717) is 17.5 Å². The molecule has 6 nitrogen and oxygen atoms in total. The number of nitrogens with one attached hydrogen (secondary N) is 1. The van der Waals surface area contributed by atoms with Crippen LogP contribution in [0.1, 0.15) is 5.56 Å². The lowest BCUT2D eigenvalue weighted by molar-refractivity contribution is 0.668. The van der Waals surface area contributed by atoms with Gasteiger partial charge in [0.1, 0.15) is 22.3 Å². The number of hydrogen-bond donors (Lipinski definition) is 1. The molecule has 0 bridgehead atoms. The first kappa shape index (κ1) is 28.8. The Hall–Kier alpha value is -7.05. The van der Waals surface area contributed by atoms with Crippen LogP contribution in [0, 0.1) is 0 Å². The lowest BCUT2D eigenvalue weighted by Crippen LogP contribution is -2.03. The van der Waals surface area contributed by atoms with Crippen LogP contribution in [-0.4, -0.2) is 21.5 Å². The van der Waals surface area contributed by atoms with Crippen LogP contribution in [0.4, 0.5) is 5.69 Å². The molecule has 0 aliphatic carbocycles. The molecule has 0 fully saturated rings. The maximum atomic E-state index is 6.46. The van der Waals surface area contributed by atoms with Crippen LogP contribution in [0.15, 0.2) is 154 Å². The van der Waals surface area contributed by atoms with Crippen molar-refractivity contribution in [2.24, 2.45) is 0 Å². The molecule has 1 N–H and O–H groups in total. The summed E-state index contributed by atoms with van der Waals surface area (Å²) in [6, 6.07) is 47.9. The summed E-state index contributed by atoms with van der Waals surface area (Å²) in [5.74, 6) is 1.78. The van der Waals surface area contributed by atoms with Crippen LogP contribution in [0.2, 0.25) is 0 Å². The van der Waals surface area contributed by atoms with Crippen molar-refractivity contribution in [3.05, 3.63) is 151 Å². The first-order chi connectivity index (χ1) is 25.7. The summed E-state index contributed by atoms with van der Waals surface area (Å²) in [5.41, 5.74) is 10.4. The standard InChI is InChI=1S/C46H28N4O2/c1-2-10-27(11-3-1)44-48-45(30-19-20-35-34-15-6-7-17-39(34)51-41(35)25-30)50-46(49-44)36-23-31(22-28-12-4-5-14-32(28)36)33-16-8-18-40-43(33)37-26-38-29(13-9-21-47-38)24-42(37)52-40/h1-20,22-26,47H,21H2. The highest BCUT2D eigenvalue weighted by Gasteiger charge is 2.20.